The molecule has 22 heavy (non-hydrogen) atoms. The lowest BCUT2D eigenvalue weighted by atomic mass is 10.2. The standard InChI is InChI=1S/C15H13Cl2N3OS/c1-9-2-5-11(6-3-9)18-15(22)20-19-14(21)12-7-4-10(16)8-13(12)17/h2-8H,1H3,(H,19,21)(H2,18,20,22). The van der Waals surface area contributed by atoms with Crippen molar-refractivity contribution in [3.63, 3.8) is 0 Å². The highest BCUT2D eigenvalue weighted by Gasteiger charge is 2.10. The predicted octanol–water partition coefficient (Wildman–Crippen LogP) is 3.93. The summed E-state index contributed by atoms with van der Waals surface area (Å²) in [7, 11) is 0. The highest BCUT2D eigenvalue weighted by Crippen LogP contribution is 2.20. The van der Waals surface area contributed by atoms with Crippen LogP contribution in [-0.2, 0) is 0 Å². The van der Waals surface area contributed by atoms with Gasteiger partial charge in [0.2, 0.25) is 0 Å². The lowest BCUT2D eigenvalue weighted by Gasteiger charge is -2.12. The van der Waals surface area contributed by atoms with Gasteiger partial charge in [-0.05, 0) is 49.5 Å². The molecule has 2 aromatic rings. The molecule has 114 valence electrons. The minimum Gasteiger partial charge on any atom is -0.331 e. The summed E-state index contributed by atoms with van der Waals surface area (Å²) in [5, 5.41) is 3.95. The van der Waals surface area contributed by atoms with Crippen LogP contribution in [-0.4, -0.2) is 11.0 Å². The molecule has 0 fully saturated rings. The smallest absolute Gasteiger partial charge is 0.271 e. The van der Waals surface area contributed by atoms with E-state index in [-0.39, 0.29) is 10.1 Å². The van der Waals surface area contributed by atoms with Gasteiger partial charge in [-0.15, -0.1) is 0 Å². The molecule has 0 heterocycles. The first kappa shape index (κ1) is 16.5. The van der Waals surface area contributed by atoms with E-state index in [1.807, 2.05) is 31.2 Å². The van der Waals surface area contributed by atoms with Crippen LogP contribution < -0.4 is 16.2 Å². The number of amides is 1. The molecule has 0 unspecified atom stereocenters. The van der Waals surface area contributed by atoms with Crippen molar-refractivity contribution < 1.29 is 4.79 Å². The fourth-order valence-corrected chi connectivity index (χ4v) is 2.32. The molecule has 0 bridgehead atoms. The number of aryl methyl sites for hydroxylation is 1. The van der Waals surface area contributed by atoms with Crippen molar-refractivity contribution in [2.75, 3.05) is 5.32 Å². The molecule has 3 N–H and O–H groups in total. The molecule has 0 aliphatic rings. The summed E-state index contributed by atoms with van der Waals surface area (Å²) in [5.41, 5.74) is 7.36. The number of rotatable bonds is 2. The lowest BCUT2D eigenvalue weighted by Crippen LogP contribution is -2.43. The Balaban J connectivity index is 1.90. The van der Waals surface area contributed by atoms with Gasteiger partial charge in [-0.25, -0.2) is 0 Å². The van der Waals surface area contributed by atoms with Crippen molar-refractivity contribution in [2.45, 2.75) is 6.92 Å². The Morgan fingerprint density at radius 1 is 1.05 bits per heavy atom. The Kier molecular flexibility index (Phi) is 5.60. The summed E-state index contributed by atoms with van der Waals surface area (Å²) in [5.74, 6) is -0.408. The van der Waals surface area contributed by atoms with E-state index in [0.717, 1.165) is 11.3 Å². The van der Waals surface area contributed by atoms with Crippen LogP contribution in [0.2, 0.25) is 10.0 Å². The normalized spacial score (nSPS) is 9.95. The van der Waals surface area contributed by atoms with Crippen molar-refractivity contribution in [2.24, 2.45) is 0 Å². The molecule has 0 aromatic heterocycles. The van der Waals surface area contributed by atoms with E-state index in [1.54, 1.807) is 6.07 Å². The quantitative estimate of drug-likeness (QED) is 0.565. The highest BCUT2D eigenvalue weighted by molar-refractivity contribution is 7.80. The zero-order chi connectivity index (χ0) is 16.1. The number of hydrazine groups is 1. The zero-order valence-corrected chi connectivity index (χ0v) is 13.9. The van der Waals surface area contributed by atoms with Crippen LogP contribution in [0, 0.1) is 6.92 Å². The number of hydrogen-bond acceptors (Lipinski definition) is 2. The third-order valence-corrected chi connectivity index (χ3v) is 3.53. The van der Waals surface area contributed by atoms with Crippen LogP contribution in [0.1, 0.15) is 15.9 Å². The summed E-state index contributed by atoms with van der Waals surface area (Å²) in [6.07, 6.45) is 0. The summed E-state index contributed by atoms with van der Waals surface area (Å²) in [6, 6.07) is 12.3. The summed E-state index contributed by atoms with van der Waals surface area (Å²) >= 11 is 16.9. The minimum absolute atomic E-state index is 0.266. The van der Waals surface area contributed by atoms with Crippen molar-refractivity contribution in [3.8, 4) is 0 Å². The summed E-state index contributed by atoms with van der Waals surface area (Å²) in [6.45, 7) is 2.00. The van der Waals surface area contributed by atoms with Crippen LogP contribution in [0.25, 0.3) is 0 Å². The maximum absolute atomic E-state index is 12.0. The van der Waals surface area contributed by atoms with E-state index in [1.165, 1.54) is 12.1 Å². The number of thiocarbonyl (C=S) groups is 1. The van der Waals surface area contributed by atoms with Gasteiger partial charge in [0.15, 0.2) is 5.11 Å². The van der Waals surface area contributed by atoms with Gasteiger partial charge in [0.25, 0.3) is 5.91 Å². The Morgan fingerprint density at radius 3 is 2.36 bits per heavy atom. The van der Waals surface area contributed by atoms with Crippen molar-refractivity contribution >= 4 is 52.1 Å². The number of nitrogens with one attached hydrogen (secondary N) is 3. The lowest BCUT2D eigenvalue weighted by molar-refractivity contribution is 0.0944. The predicted molar refractivity (Wildman–Crippen MR) is 94.5 cm³/mol. The molecule has 0 radical (unpaired) electrons. The Morgan fingerprint density at radius 2 is 1.73 bits per heavy atom. The molecule has 2 aromatic carbocycles. The third-order valence-electron chi connectivity index (χ3n) is 2.77. The number of carbonyl (C=O) groups is 1. The zero-order valence-electron chi connectivity index (χ0n) is 11.6. The van der Waals surface area contributed by atoms with Crippen LogP contribution in [0.3, 0.4) is 0 Å². The van der Waals surface area contributed by atoms with Crippen molar-refractivity contribution in [3.05, 3.63) is 63.6 Å². The number of carbonyl (C=O) groups excluding carboxylic acids is 1. The van der Waals surface area contributed by atoms with Crippen LogP contribution in [0.5, 0.6) is 0 Å². The molecule has 0 aliphatic heterocycles. The number of hydrogen-bond donors (Lipinski definition) is 3. The molecular formula is C15H13Cl2N3OS. The second-order valence-corrected chi connectivity index (χ2v) is 5.78. The summed E-state index contributed by atoms with van der Waals surface area (Å²) in [4.78, 5) is 12.0. The number of halogens is 2. The van der Waals surface area contributed by atoms with Gasteiger partial charge in [0.05, 0.1) is 10.6 Å². The molecule has 7 heteroatoms. The molecule has 0 atom stereocenters. The van der Waals surface area contributed by atoms with Gasteiger partial charge in [-0.3, -0.25) is 15.6 Å². The number of anilines is 1. The maximum atomic E-state index is 12.0. The SMILES string of the molecule is Cc1ccc(NC(=S)NNC(=O)c2ccc(Cl)cc2Cl)cc1. The van der Waals surface area contributed by atoms with Gasteiger partial charge in [0, 0.05) is 10.7 Å². The topological polar surface area (TPSA) is 53.2 Å². The van der Waals surface area contributed by atoms with E-state index in [2.05, 4.69) is 16.2 Å². The van der Waals surface area contributed by atoms with Gasteiger partial charge in [0.1, 0.15) is 0 Å². The van der Waals surface area contributed by atoms with Crippen molar-refractivity contribution in [1.29, 1.82) is 0 Å². The van der Waals surface area contributed by atoms with Gasteiger partial charge < -0.3 is 5.32 Å². The van der Waals surface area contributed by atoms with Crippen LogP contribution >= 0.6 is 35.4 Å². The van der Waals surface area contributed by atoms with E-state index in [0.29, 0.717) is 10.6 Å². The molecule has 4 nitrogen and oxygen atoms in total. The molecule has 0 saturated heterocycles. The van der Waals surface area contributed by atoms with E-state index < -0.39 is 5.91 Å². The first-order chi connectivity index (χ1) is 10.5. The third kappa shape index (κ3) is 4.59. The second-order valence-electron chi connectivity index (χ2n) is 4.52. The maximum Gasteiger partial charge on any atom is 0.271 e. The molecule has 1 amide bonds. The monoisotopic (exact) mass is 353 g/mol. The number of benzene rings is 2. The first-order valence-electron chi connectivity index (χ1n) is 6.35. The molecular weight excluding hydrogens is 341 g/mol. The minimum atomic E-state index is -0.408. The Bertz CT molecular complexity index is 704. The fourth-order valence-electron chi connectivity index (χ4n) is 1.65. The van der Waals surface area contributed by atoms with Gasteiger partial charge in [-0.2, -0.15) is 0 Å². The average Bonchev–Trinajstić information content (AvgIpc) is 2.47. The Hall–Kier alpha value is -1.82. The molecule has 2 rings (SSSR count). The Labute approximate surface area is 143 Å². The largest absolute Gasteiger partial charge is 0.331 e. The van der Waals surface area contributed by atoms with Gasteiger partial charge >= 0.3 is 0 Å². The first-order valence-corrected chi connectivity index (χ1v) is 7.51. The molecule has 0 saturated carbocycles. The van der Waals surface area contributed by atoms with E-state index >= 15 is 0 Å². The summed E-state index contributed by atoms with van der Waals surface area (Å²) < 4.78 is 0. The second kappa shape index (κ2) is 7.45. The van der Waals surface area contributed by atoms with Crippen molar-refractivity contribution in [1.82, 2.24) is 10.9 Å². The van der Waals surface area contributed by atoms with E-state index in [4.69, 9.17) is 35.4 Å². The van der Waals surface area contributed by atoms with E-state index in [9.17, 15) is 4.79 Å². The van der Waals surface area contributed by atoms with Crippen LogP contribution in [0.4, 0.5) is 5.69 Å². The molecule has 0 spiro atoms. The molecule has 0 aliphatic carbocycles. The van der Waals surface area contributed by atoms with Crippen LogP contribution in [0.15, 0.2) is 42.5 Å². The fraction of sp³-hybridized carbons (Fsp3) is 0.0667. The average molecular weight is 354 g/mol. The highest BCUT2D eigenvalue weighted by atomic mass is 35.5. The van der Waals surface area contributed by atoms with Gasteiger partial charge in [-0.1, -0.05) is 40.9 Å².